The number of hydrogen-bond donors (Lipinski definition) is 2. The zero-order valence-electron chi connectivity index (χ0n) is 24.3. The number of anilines is 3. The molecular formula is C31H31F4N3O6S. The number of sulfonamides is 1. The van der Waals surface area contributed by atoms with E-state index in [9.17, 15) is 40.7 Å². The Kier molecular flexibility index (Phi) is 8.71. The third-order valence-corrected chi connectivity index (χ3v) is 10.2. The van der Waals surface area contributed by atoms with Crippen molar-refractivity contribution >= 4 is 39.0 Å². The van der Waals surface area contributed by atoms with Gasteiger partial charge in [0.2, 0.25) is 5.91 Å². The molecule has 2 N–H and O–H groups in total. The number of benzene rings is 3. The molecule has 1 amide bonds. The summed E-state index contributed by atoms with van der Waals surface area (Å²) >= 11 is 0. The minimum Gasteiger partial charge on any atom is -0.490 e. The maximum Gasteiger partial charge on any atom is 0.416 e. The minimum atomic E-state index is -4.77. The first-order valence-electron chi connectivity index (χ1n) is 14.2. The molecule has 0 bridgehead atoms. The molecule has 1 fully saturated rings. The molecule has 9 nitrogen and oxygen atoms in total. The number of carboxylic acid groups (broad SMARTS) is 1. The summed E-state index contributed by atoms with van der Waals surface area (Å²) < 4.78 is 86.8. The number of carbonyl (C=O) groups is 2. The van der Waals surface area contributed by atoms with Crippen LogP contribution in [0.2, 0.25) is 0 Å². The molecule has 3 aromatic rings. The Hall–Kier alpha value is -4.33. The highest BCUT2D eigenvalue weighted by atomic mass is 32.2. The van der Waals surface area contributed by atoms with Crippen LogP contribution in [0.25, 0.3) is 0 Å². The number of carbonyl (C=O) groups excluding carboxylic acids is 1. The Morgan fingerprint density at radius 2 is 1.76 bits per heavy atom. The smallest absolute Gasteiger partial charge is 0.416 e. The maximum absolute atomic E-state index is 14.4. The van der Waals surface area contributed by atoms with Crippen molar-refractivity contribution in [2.75, 3.05) is 41.8 Å². The molecular weight excluding hydrogens is 618 g/mol. The van der Waals surface area contributed by atoms with Gasteiger partial charge in [-0.3, -0.25) is 13.9 Å². The van der Waals surface area contributed by atoms with E-state index in [0.717, 1.165) is 10.4 Å². The molecule has 0 aromatic heterocycles. The maximum atomic E-state index is 14.4. The normalized spacial score (nSPS) is 20.1. The second-order valence-electron chi connectivity index (χ2n) is 11.2. The highest BCUT2D eigenvalue weighted by molar-refractivity contribution is 7.92. The van der Waals surface area contributed by atoms with Crippen LogP contribution in [0.3, 0.4) is 0 Å². The van der Waals surface area contributed by atoms with Crippen LogP contribution in [0.4, 0.5) is 34.6 Å². The van der Waals surface area contributed by atoms with E-state index in [1.807, 2.05) is 11.9 Å². The number of alkyl halides is 3. The summed E-state index contributed by atoms with van der Waals surface area (Å²) in [6.07, 6.45) is -3.69. The van der Waals surface area contributed by atoms with Crippen LogP contribution < -0.4 is 19.3 Å². The van der Waals surface area contributed by atoms with Gasteiger partial charge in [0.15, 0.2) is 0 Å². The Morgan fingerprint density at radius 1 is 1.04 bits per heavy atom. The zero-order chi connectivity index (χ0) is 32.7. The summed E-state index contributed by atoms with van der Waals surface area (Å²) in [6, 6.07) is 12.7. The van der Waals surface area contributed by atoms with Crippen molar-refractivity contribution in [3.63, 3.8) is 0 Å². The first-order chi connectivity index (χ1) is 21.2. The Labute approximate surface area is 257 Å². The lowest BCUT2D eigenvalue weighted by Crippen LogP contribution is -2.40. The number of halogens is 4. The Morgan fingerprint density at radius 3 is 2.40 bits per heavy atom. The number of nitrogens with one attached hydrogen (secondary N) is 1. The third kappa shape index (κ3) is 6.42. The van der Waals surface area contributed by atoms with Gasteiger partial charge in [0.25, 0.3) is 10.0 Å². The molecule has 3 aromatic carbocycles. The van der Waals surface area contributed by atoms with E-state index in [-0.39, 0.29) is 17.4 Å². The SMILES string of the molecule is CN1CCOc2ccc(S(=O)(=O)N(C)c3ccc([C@H]4CCC[C@@H](C(=O)Nc5ccc(C(F)(F)F)cc5F)[C@@H]4C(=O)O)cc3)cc21. The van der Waals surface area contributed by atoms with Gasteiger partial charge in [0.1, 0.15) is 18.2 Å². The fourth-order valence-electron chi connectivity index (χ4n) is 5.95. The fourth-order valence-corrected chi connectivity index (χ4v) is 7.16. The van der Waals surface area contributed by atoms with Crippen LogP contribution in [0.5, 0.6) is 5.75 Å². The van der Waals surface area contributed by atoms with Crippen LogP contribution in [-0.4, -0.2) is 52.6 Å². The number of amides is 1. The van der Waals surface area contributed by atoms with Crippen LogP contribution in [0.1, 0.15) is 36.3 Å². The van der Waals surface area contributed by atoms with Crippen LogP contribution in [-0.2, 0) is 25.8 Å². The standard InChI is InChI=1S/C31H31F4N3O6S/c1-37-14-15-44-27-13-11-21(17-26(27)37)45(42,43)38(2)20-9-6-18(7-10-20)22-4-3-5-23(28(22)30(40)41)29(39)36-25-12-8-19(16-24(25)32)31(33,34)35/h6-13,16-17,22-23,28H,3-5,14-15H2,1-2H3,(H,36,39)(H,40,41)/t22-,23-,28-/m1/s1. The number of ether oxygens (including phenoxy) is 1. The second kappa shape index (κ2) is 12.2. The fraction of sp³-hybridized carbons (Fsp3) is 0.355. The quantitative estimate of drug-likeness (QED) is 0.315. The summed E-state index contributed by atoms with van der Waals surface area (Å²) in [5, 5.41) is 12.4. The van der Waals surface area contributed by atoms with Crippen molar-refractivity contribution in [2.24, 2.45) is 11.8 Å². The lowest BCUT2D eigenvalue weighted by Gasteiger charge is -2.35. The summed E-state index contributed by atoms with van der Waals surface area (Å²) in [5.74, 6) is -5.69. The molecule has 1 aliphatic carbocycles. The third-order valence-electron chi connectivity index (χ3n) is 8.44. The average Bonchev–Trinajstić information content (AvgIpc) is 3.00. The van der Waals surface area contributed by atoms with Crippen LogP contribution in [0, 0.1) is 17.7 Å². The van der Waals surface area contributed by atoms with Crippen LogP contribution >= 0.6 is 0 Å². The molecule has 1 aliphatic heterocycles. The number of nitrogens with zero attached hydrogens (tertiary/aromatic N) is 2. The molecule has 0 unspecified atom stereocenters. The van der Waals surface area contributed by atoms with E-state index in [1.54, 1.807) is 36.4 Å². The number of aliphatic carboxylic acids is 1. The Bertz CT molecular complexity index is 1720. The average molecular weight is 650 g/mol. The van der Waals surface area contributed by atoms with Crippen molar-refractivity contribution in [3.05, 3.63) is 77.6 Å². The van der Waals surface area contributed by atoms with E-state index in [4.69, 9.17) is 4.74 Å². The predicted molar refractivity (Wildman–Crippen MR) is 158 cm³/mol. The van der Waals surface area contributed by atoms with Gasteiger partial charge in [-0.25, -0.2) is 12.8 Å². The summed E-state index contributed by atoms with van der Waals surface area (Å²) in [6.45, 7) is 1.11. The van der Waals surface area contributed by atoms with Gasteiger partial charge < -0.3 is 20.1 Å². The van der Waals surface area contributed by atoms with Gasteiger partial charge in [0, 0.05) is 14.1 Å². The topological polar surface area (TPSA) is 116 Å². The van der Waals surface area contributed by atoms with Crippen molar-refractivity contribution < 1.29 is 45.4 Å². The van der Waals surface area contributed by atoms with Gasteiger partial charge >= 0.3 is 12.1 Å². The van der Waals surface area contributed by atoms with Crippen LogP contribution in [0.15, 0.2) is 65.6 Å². The van der Waals surface area contributed by atoms with E-state index in [1.165, 1.54) is 13.1 Å². The summed E-state index contributed by atoms with van der Waals surface area (Å²) in [7, 11) is -0.712. The summed E-state index contributed by atoms with van der Waals surface area (Å²) in [4.78, 5) is 27.6. The van der Waals surface area contributed by atoms with Gasteiger partial charge in [-0.05, 0) is 72.9 Å². The molecule has 1 heterocycles. The van der Waals surface area contributed by atoms with Crippen molar-refractivity contribution in [1.82, 2.24) is 0 Å². The van der Waals surface area contributed by atoms with E-state index < -0.39 is 62.9 Å². The summed E-state index contributed by atoms with van der Waals surface area (Å²) in [5.41, 5.74) is -0.141. The van der Waals surface area contributed by atoms with Crippen molar-refractivity contribution in [1.29, 1.82) is 0 Å². The second-order valence-corrected chi connectivity index (χ2v) is 13.1. The van der Waals surface area contributed by atoms with Crippen molar-refractivity contribution in [2.45, 2.75) is 36.3 Å². The number of rotatable bonds is 7. The largest absolute Gasteiger partial charge is 0.490 e. The molecule has 1 saturated carbocycles. The number of fused-ring (bicyclic) bond motifs is 1. The van der Waals surface area contributed by atoms with Gasteiger partial charge in [-0.15, -0.1) is 0 Å². The molecule has 0 saturated heterocycles. The molecule has 5 rings (SSSR count). The first kappa shape index (κ1) is 32.1. The lowest BCUT2D eigenvalue weighted by atomic mass is 9.69. The number of hydrogen-bond acceptors (Lipinski definition) is 6. The van der Waals surface area contributed by atoms with Crippen molar-refractivity contribution in [3.8, 4) is 5.75 Å². The van der Waals surface area contributed by atoms with Gasteiger partial charge in [0.05, 0.1) is 45.9 Å². The molecule has 14 heteroatoms. The molecule has 2 aliphatic rings. The lowest BCUT2D eigenvalue weighted by molar-refractivity contribution is -0.148. The predicted octanol–water partition coefficient (Wildman–Crippen LogP) is 5.72. The molecule has 0 spiro atoms. The van der Waals surface area contributed by atoms with E-state index >= 15 is 0 Å². The van der Waals surface area contributed by atoms with Gasteiger partial charge in [-0.1, -0.05) is 18.6 Å². The number of likely N-dealkylation sites (N-methyl/N-ethyl adjacent to an activating group) is 1. The highest BCUT2D eigenvalue weighted by Crippen LogP contribution is 2.43. The molecule has 240 valence electrons. The Balaban J connectivity index is 1.34. The molecule has 0 radical (unpaired) electrons. The minimum absolute atomic E-state index is 0.0711. The molecule has 45 heavy (non-hydrogen) atoms. The monoisotopic (exact) mass is 649 g/mol. The highest BCUT2D eigenvalue weighted by Gasteiger charge is 2.43. The first-order valence-corrected chi connectivity index (χ1v) is 15.6. The van der Waals surface area contributed by atoms with E-state index in [2.05, 4.69) is 5.32 Å². The van der Waals surface area contributed by atoms with Gasteiger partial charge in [-0.2, -0.15) is 13.2 Å². The number of carboxylic acids is 1. The molecule has 3 atom stereocenters. The van der Waals surface area contributed by atoms with E-state index in [0.29, 0.717) is 54.7 Å². The zero-order valence-corrected chi connectivity index (χ0v) is 25.2.